The lowest BCUT2D eigenvalue weighted by atomic mass is 10.2. The van der Waals surface area contributed by atoms with E-state index in [1.165, 1.54) is 6.26 Å². The Morgan fingerprint density at radius 2 is 2.07 bits per heavy atom. The highest BCUT2D eigenvalue weighted by molar-refractivity contribution is 5.91. The first-order chi connectivity index (χ1) is 13.2. The number of carbonyl (C=O) groups excluding carboxylic acids is 1. The number of nitrogens with one attached hydrogen (secondary N) is 1. The molecule has 144 valence electrons. The lowest BCUT2D eigenvalue weighted by Gasteiger charge is -2.36. The Balaban J connectivity index is 1.61. The summed E-state index contributed by atoms with van der Waals surface area (Å²) in [4.78, 5) is 25.2. The number of nitrogens with zero attached hydrogens (tertiary/aromatic N) is 4. The molecule has 1 fully saturated rings. The van der Waals surface area contributed by atoms with Gasteiger partial charge in [0, 0.05) is 45.0 Å². The first-order valence-corrected chi connectivity index (χ1v) is 9.06. The minimum atomic E-state index is -0.0644. The average molecular weight is 371 g/mol. The highest BCUT2D eigenvalue weighted by Crippen LogP contribution is 2.12. The quantitative estimate of drug-likeness (QED) is 0.635. The van der Waals surface area contributed by atoms with Crippen molar-refractivity contribution in [1.82, 2.24) is 20.1 Å². The topological polar surface area (TPSA) is 83.2 Å². The summed E-state index contributed by atoms with van der Waals surface area (Å²) < 4.78 is 10.4. The van der Waals surface area contributed by atoms with Gasteiger partial charge >= 0.3 is 0 Å². The molecule has 0 aliphatic carbocycles. The van der Waals surface area contributed by atoms with E-state index in [4.69, 9.17) is 14.1 Å². The van der Waals surface area contributed by atoms with Crippen LogP contribution in [0.25, 0.3) is 0 Å². The van der Waals surface area contributed by atoms with E-state index in [2.05, 4.69) is 15.2 Å². The number of guanidine groups is 1. The van der Waals surface area contributed by atoms with Crippen molar-refractivity contribution in [2.24, 2.45) is 4.99 Å². The second-order valence-electron chi connectivity index (χ2n) is 6.13. The van der Waals surface area contributed by atoms with Gasteiger partial charge in [-0.3, -0.25) is 4.79 Å². The Kier molecular flexibility index (Phi) is 6.30. The van der Waals surface area contributed by atoms with Crippen LogP contribution in [-0.2, 0) is 6.54 Å². The van der Waals surface area contributed by atoms with Crippen molar-refractivity contribution < 1.29 is 13.9 Å². The smallest absolute Gasteiger partial charge is 0.289 e. The number of methoxy groups -OCH3 is 1. The van der Waals surface area contributed by atoms with Gasteiger partial charge in [-0.1, -0.05) is 0 Å². The summed E-state index contributed by atoms with van der Waals surface area (Å²) in [5, 5.41) is 3.33. The number of carbonyl (C=O) groups is 1. The lowest BCUT2D eigenvalue weighted by Crippen LogP contribution is -2.53. The number of aliphatic imine (C=N–C) groups is 1. The monoisotopic (exact) mass is 371 g/mol. The van der Waals surface area contributed by atoms with Crippen LogP contribution in [0.15, 0.2) is 46.1 Å². The Morgan fingerprint density at radius 3 is 2.74 bits per heavy atom. The van der Waals surface area contributed by atoms with Crippen LogP contribution in [0.3, 0.4) is 0 Å². The largest absolute Gasteiger partial charge is 0.481 e. The number of pyridine rings is 1. The van der Waals surface area contributed by atoms with Gasteiger partial charge in [-0.2, -0.15) is 0 Å². The molecule has 3 rings (SSSR count). The standard InChI is InChI=1S/C19H25N5O3/c1-3-20-19(22-14-15-6-7-21-17(13-15)26-2)24-10-8-23(9-11-24)18(25)16-5-4-12-27-16/h4-7,12-13H,3,8-11,14H2,1-2H3,(H,20,22). The van der Waals surface area contributed by atoms with Crippen molar-refractivity contribution in [1.29, 1.82) is 0 Å². The highest BCUT2D eigenvalue weighted by Gasteiger charge is 2.25. The van der Waals surface area contributed by atoms with Gasteiger partial charge in [0.25, 0.3) is 5.91 Å². The Morgan fingerprint density at radius 1 is 1.30 bits per heavy atom. The molecule has 1 aliphatic heterocycles. The summed E-state index contributed by atoms with van der Waals surface area (Å²) >= 11 is 0. The van der Waals surface area contributed by atoms with E-state index in [-0.39, 0.29) is 5.91 Å². The molecule has 1 N–H and O–H groups in total. The van der Waals surface area contributed by atoms with Crippen LogP contribution >= 0.6 is 0 Å². The Bertz CT molecular complexity index is 767. The van der Waals surface area contributed by atoms with Crippen molar-refractivity contribution in [3.63, 3.8) is 0 Å². The fourth-order valence-corrected chi connectivity index (χ4v) is 2.93. The third kappa shape index (κ3) is 4.78. The molecule has 0 aromatic carbocycles. The molecule has 0 unspecified atom stereocenters. The molecule has 1 aliphatic rings. The molecule has 0 spiro atoms. The molecule has 0 bridgehead atoms. The molecule has 1 amide bonds. The van der Waals surface area contributed by atoms with Crippen molar-refractivity contribution in [2.45, 2.75) is 13.5 Å². The molecule has 3 heterocycles. The molecule has 8 nitrogen and oxygen atoms in total. The lowest BCUT2D eigenvalue weighted by molar-refractivity contribution is 0.0657. The molecule has 2 aromatic rings. The molecule has 8 heteroatoms. The zero-order valence-electron chi connectivity index (χ0n) is 15.7. The van der Waals surface area contributed by atoms with Gasteiger partial charge in [0.05, 0.1) is 19.9 Å². The van der Waals surface area contributed by atoms with Crippen LogP contribution < -0.4 is 10.1 Å². The second kappa shape index (κ2) is 9.07. The first kappa shape index (κ1) is 18.8. The predicted molar refractivity (Wildman–Crippen MR) is 102 cm³/mol. The Labute approximate surface area is 158 Å². The first-order valence-electron chi connectivity index (χ1n) is 9.06. The molecular formula is C19H25N5O3. The van der Waals surface area contributed by atoms with Crippen molar-refractivity contribution >= 4 is 11.9 Å². The summed E-state index contributed by atoms with van der Waals surface area (Å²) in [5.41, 5.74) is 1.03. The normalized spacial score (nSPS) is 15.0. The van der Waals surface area contributed by atoms with Crippen molar-refractivity contribution in [2.75, 3.05) is 39.8 Å². The van der Waals surface area contributed by atoms with Gasteiger partial charge in [-0.15, -0.1) is 0 Å². The number of amides is 1. The average Bonchev–Trinajstić information content (AvgIpc) is 3.26. The summed E-state index contributed by atoms with van der Waals surface area (Å²) in [6, 6.07) is 7.24. The van der Waals surface area contributed by atoms with Crippen LogP contribution in [0.5, 0.6) is 5.88 Å². The molecule has 0 saturated carbocycles. The summed E-state index contributed by atoms with van der Waals surface area (Å²) in [6.07, 6.45) is 3.24. The number of hydrogen-bond donors (Lipinski definition) is 1. The summed E-state index contributed by atoms with van der Waals surface area (Å²) in [6.45, 7) is 6.06. The van der Waals surface area contributed by atoms with Gasteiger partial charge in [-0.25, -0.2) is 9.98 Å². The maximum atomic E-state index is 12.4. The number of furan rings is 1. The van der Waals surface area contributed by atoms with E-state index in [1.54, 1.807) is 25.4 Å². The third-order valence-electron chi connectivity index (χ3n) is 4.35. The van der Waals surface area contributed by atoms with Crippen LogP contribution in [-0.4, -0.2) is 66.5 Å². The van der Waals surface area contributed by atoms with Gasteiger partial charge in [0.15, 0.2) is 11.7 Å². The third-order valence-corrected chi connectivity index (χ3v) is 4.35. The fraction of sp³-hybridized carbons (Fsp3) is 0.421. The zero-order valence-corrected chi connectivity index (χ0v) is 15.7. The second-order valence-corrected chi connectivity index (χ2v) is 6.13. The fourth-order valence-electron chi connectivity index (χ4n) is 2.93. The van der Waals surface area contributed by atoms with Crippen LogP contribution in [0, 0.1) is 0 Å². The van der Waals surface area contributed by atoms with Crippen LogP contribution in [0.4, 0.5) is 0 Å². The highest BCUT2D eigenvalue weighted by atomic mass is 16.5. The van der Waals surface area contributed by atoms with Crippen LogP contribution in [0.2, 0.25) is 0 Å². The number of hydrogen-bond acceptors (Lipinski definition) is 5. The van der Waals surface area contributed by atoms with Gasteiger partial charge in [0.2, 0.25) is 5.88 Å². The number of ether oxygens (including phenoxy) is 1. The minimum Gasteiger partial charge on any atom is -0.481 e. The number of piperazine rings is 1. The zero-order chi connectivity index (χ0) is 19.1. The molecule has 2 aromatic heterocycles. The summed E-state index contributed by atoms with van der Waals surface area (Å²) in [7, 11) is 1.60. The van der Waals surface area contributed by atoms with Crippen molar-refractivity contribution in [3.8, 4) is 5.88 Å². The van der Waals surface area contributed by atoms with Crippen molar-refractivity contribution in [3.05, 3.63) is 48.0 Å². The molecule has 1 saturated heterocycles. The number of rotatable bonds is 5. The SMILES string of the molecule is CCNC(=NCc1ccnc(OC)c1)N1CCN(C(=O)c2ccco2)CC1. The summed E-state index contributed by atoms with van der Waals surface area (Å²) in [5.74, 6) is 1.75. The predicted octanol–water partition coefficient (Wildman–Crippen LogP) is 1.61. The van der Waals surface area contributed by atoms with E-state index in [9.17, 15) is 4.79 Å². The van der Waals surface area contributed by atoms with Crippen LogP contribution in [0.1, 0.15) is 23.0 Å². The number of aromatic nitrogens is 1. The van der Waals surface area contributed by atoms with E-state index in [0.717, 1.165) is 31.2 Å². The van der Waals surface area contributed by atoms with Gasteiger partial charge < -0.3 is 24.3 Å². The molecule has 0 atom stereocenters. The maximum absolute atomic E-state index is 12.4. The van der Waals surface area contributed by atoms with E-state index in [0.29, 0.717) is 31.3 Å². The molecule has 0 radical (unpaired) electrons. The molecule has 27 heavy (non-hydrogen) atoms. The van der Waals surface area contributed by atoms with Gasteiger partial charge in [0.1, 0.15) is 0 Å². The maximum Gasteiger partial charge on any atom is 0.289 e. The van der Waals surface area contributed by atoms with E-state index < -0.39 is 0 Å². The molecular weight excluding hydrogens is 346 g/mol. The van der Waals surface area contributed by atoms with E-state index >= 15 is 0 Å². The van der Waals surface area contributed by atoms with Gasteiger partial charge in [-0.05, 0) is 30.7 Å². The Hall–Kier alpha value is -3.03. The minimum absolute atomic E-state index is 0.0644. The van der Waals surface area contributed by atoms with E-state index in [1.807, 2.05) is 24.0 Å².